The van der Waals surface area contributed by atoms with Gasteiger partial charge in [0.1, 0.15) is 11.9 Å². The first-order chi connectivity index (χ1) is 18.3. The maximum absolute atomic E-state index is 12.4. The molecule has 3 N–H and O–H groups in total. The molecule has 1 atom stereocenters. The number of aromatic nitrogens is 7. The van der Waals surface area contributed by atoms with Crippen LogP contribution in [0.1, 0.15) is 43.2 Å². The van der Waals surface area contributed by atoms with E-state index in [-0.39, 0.29) is 28.7 Å². The summed E-state index contributed by atoms with van der Waals surface area (Å²) in [5, 5.41) is 25.4. The normalized spacial score (nSPS) is 16.7. The number of rotatable bonds is 7. The Bertz CT molecular complexity index is 1510. The molecule has 0 radical (unpaired) electrons. The smallest absolute Gasteiger partial charge is 0.316 e. The average molecular weight is 514 g/mol. The summed E-state index contributed by atoms with van der Waals surface area (Å²) in [4.78, 5) is 27.3. The predicted molar refractivity (Wildman–Crippen MR) is 138 cm³/mol. The predicted octanol–water partition coefficient (Wildman–Crippen LogP) is 2.06. The van der Waals surface area contributed by atoms with E-state index in [9.17, 15) is 4.79 Å². The van der Waals surface area contributed by atoms with Crippen LogP contribution in [0.25, 0.3) is 16.9 Å². The molecule has 0 bridgehead atoms. The Labute approximate surface area is 218 Å². The number of carbonyl (C=O) groups is 1. The highest BCUT2D eigenvalue weighted by Crippen LogP contribution is 2.34. The van der Waals surface area contributed by atoms with Gasteiger partial charge in [-0.05, 0) is 25.5 Å². The summed E-state index contributed by atoms with van der Waals surface area (Å²) < 4.78 is 6.92. The standard InChI is InChI=1S/C25H27N11O2/c1-4-38-24-29-11-15(12-30-24)18-9-21-28-13-17(22(27)37)23(36(21)34-18)31-19-7-8-35(14-25(19,2)3)20-6-5-16(10-26)32-33-20/h5-6,9,11-13,19,31H,4,7-8,14H2,1-3H3,(H2,27,37)/t19-/m1/s1. The number of nitrogens with zero attached hydrogens (tertiary/aromatic N) is 9. The number of primary amides is 1. The Balaban J connectivity index is 1.44. The quantitative estimate of drug-likeness (QED) is 0.370. The van der Waals surface area contributed by atoms with Crippen LogP contribution in [-0.2, 0) is 0 Å². The van der Waals surface area contributed by atoms with Gasteiger partial charge in [-0.3, -0.25) is 4.79 Å². The summed E-state index contributed by atoms with van der Waals surface area (Å²) in [6.45, 7) is 8.00. The molecule has 0 aliphatic carbocycles. The minimum atomic E-state index is -0.605. The van der Waals surface area contributed by atoms with Crippen LogP contribution in [-0.4, -0.2) is 66.4 Å². The Hall–Kier alpha value is -4.86. The number of piperidine rings is 1. The fraction of sp³-hybridized carbons (Fsp3) is 0.360. The lowest BCUT2D eigenvalue weighted by molar-refractivity contribution is 0.1000. The number of nitrogens with one attached hydrogen (secondary N) is 1. The second-order valence-electron chi connectivity index (χ2n) is 9.66. The zero-order valence-corrected chi connectivity index (χ0v) is 21.3. The van der Waals surface area contributed by atoms with Crippen molar-refractivity contribution in [2.45, 2.75) is 33.2 Å². The van der Waals surface area contributed by atoms with Gasteiger partial charge in [-0.15, -0.1) is 10.2 Å². The number of ether oxygens (including phenoxy) is 1. The summed E-state index contributed by atoms with van der Waals surface area (Å²) in [6.07, 6.45) is 5.48. The van der Waals surface area contributed by atoms with Crippen molar-refractivity contribution in [3.8, 4) is 23.3 Å². The van der Waals surface area contributed by atoms with Gasteiger partial charge in [-0.2, -0.15) is 14.9 Å². The second-order valence-corrected chi connectivity index (χ2v) is 9.66. The third kappa shape index (κ3) is 4.75. The van der Waals surface area contributed by atoms with Gasteiger partial charge in [0, 0.05) is 54.8 Å². The van der Waals surface area contributed by atoms with Crippen LogP contribution in [0.4, 0.5) is 11.6 Å². The zero-order chi connectivity index (χ0) is 26.9. The summed E-state index contributed by atoms with van der Waals surface area (Å²) in [5.74, 6) is 0.589. The van der Waals surface area contributed by atoms with Crippen molar-refractivity contribution in [2.75, 3.05) is 29.9 Å². The van der Waals surface area contributed by atoms with Crippen molar-refractivity contribution in [1.29, 1.82) is 5.26 Å². The number of anilines is 2. The molecular weight excluding hydrogens is 486 g/mol. The molecule has 1 aliphatic heterocycles. The lowest BCUT2D eigenvalue weighted by atomic mass is 9.79. The van der Waals surface area contributed by atoms with E-state index in [1.807, 2.05) is 19.1 Å². The van der Waals surface area contributed by atoms with Crippen molar-refractivity contribution >= 4 is 23.2 Å². The summed E-state index contributed by atoms with van der Waals surface area (Å²) in [6, 6.07) is 7.53. The molecule has 13 nitrogen and oxygen atoms in total. The summed E-state index contributed by atoms with van der Waals surface area (Å²) >= 11 is 0. The zero-order valence-electron chi connectivity index (χ0n) is 21.3. The van der Waals surface area contributed by atoms with Gasteiger partial charge in [0.25, 0.3) is 5.91 Å². The van der Waals surface area contributed by atoms with Crippen LogP contribution in [0.3, 0.4) is 0 Å². The van der Waals surface area contributed by atoms with Crippen molar-refractivity contribution in [2.24, 2.45) is 11.1 Å². The number of nitrogens with two attached hydrogens (primary N) is 1. The van der Waals surface area contributed by atoms with Crippen molar-refractivity contribution in [1.82, 2.24) is 34.8 Å². The Kier molecular flexibility index (Phi) is 6.46. The lowest BCUT2D eigenvalue weighted by Gasteiger charge is -2.45. The Morgan fingerprint density at radius 2 is 2.03 bits per heavy atom. The molecule has 5 rings (SSSR count). The molecule has 1 saturated heterocycles. The molecule has 0 unspecified atom stereocenters. The fourth-order valence-corrected chi connectivity index (χ4v) is 4.58. The first-order valence-corrected chi connectivity index (χ1v) is 12.2. The molecule has 4 aromatic rings. The Morgan fingerprint density at radius 1 is 1.24 bits per heavy atom. The van der Waals surface area contributed by atoms with E-state index >= 15 is 0 Å². The van der Waals surface area contributed by atoms with Crippen LogP contribution < -0.4 is 20.7 Å². The van der Waals surface area contributed by atoms with Gasteiger partial charge in [0.2, 0.25) is 0 Å². The molecule has 0 aromatic carbocycles. The SMILES string of the molecule is CCOc1ncc(-c2cc3ncc(C(N)=O)c(N[C@@H]4CCN(c5ccc(C#N)nn5)CC4(C)C)n3n2)cn1. The first kappa shape index (κ1) is 24.8. The number of amides is 1. The van der Waals surface area contributed by atoms with Crippen LogP contribution in [0.5, 0.6) is 6.01 Å². The fourth-order valence-electron chi connectivity index (χ4n) is 4.58. The second kappa shape index (κ2) is 9.89. The molecule has 1 fully saturated rings. The van der Waals surface area contributed by atoms with Gasteiger partial charge in [-0.25, -0.2) is 15.0 Å². The van der Waals surface area contributed by atoms with Gasteiger partial charge >= 0.3 is 6.01 Å². The monoisotopic (exact) mass is 513 g/mol. The van der Waals surface area contributed by atoms with Gasteiger partial charge in [0.15, 0.2) is 17.2 Å². The van der Waals surface area contributed by atoms with Crippen LogP contribution in [0.15, 0.2) is 36.8 Å². The molecule has 4 aromatic heterocycles. The van der Waals surface area contributed by atoms with E-state index < -0.39 is 5.91 Å². The van der Waals surface area contributed by atoms with E-state index in [0.717, 1.165) is 6.42 Å². The van der Waals surface area contributed by atoms with E-state index in [1.54, 1.807) is 29.0 Å². The van der Waals surface area contributed by atoms with E-state index in [0.29, 0.717) is 48.2 Å². The number of nitriles is 1. The summed E-state index contributed by atoms with van der Waals surface area (Å²) in [7, 11) is 0. The van der Waals surface area contributed by atoms with Crippen LogP contribution >= 0.6 is 0 Å². The third-order valence-electron chi connectivity index (χ3n) is 6.58. The maximum atomic E-state index is 12.4. The molecule has 0 spiro atoms. The maximum Gasteiger partial charge on any atom is 0.316 e. The van der Waals surface area contributed by atoms with Crippen molar-refractivity contribution in [3.63, 3.8) is 0 Å². The first-order valence-electron chi connectivity index (χ1n) is 12.2. The average Bonchev–Trinajstić information content (AvgIpc) is 3.35. The number of hydrogen-bond acceptors (Lipinski definition) is 11. The van der Waals surface area contributed by atoms with Crippen LogP contribution in [0, 0.1) is 16.7 Å². The van der Waals surface area contributed by atoms with Gasteiger partial charge in [-0.1, -0.05) is 13.8 Å². The van der Waals surface area contributed by atoms with Crippen LogP contribution in [0.2, 0.25) is 0 Å². The van der Waals surface area contributed by atoms with Crippen molar-refractivity contribution in [3.05, 3.63) is 48.0 Å². The molecule has 1 aliphatic rings. The van der Waals surface area contributed by atoms with E-state index in [1.165, 1.54) is 6.20 Å². The molecule has 194 valence electrons. The van der Waals surface area contributed by atoms with Gasteiger partial charge < -0.3 is 20.7 Å². The van der Waals surface area contributed by atoms with Crippen molar-refractivity contribution < 1.29 is 9.53 Å². The minimum Gasteiger partial charge on any atom is -0.464 e. The third-order valence-corrected chi connectivity index (χ3v) is 6.58. The molecule has 1 amide bonds. The topological polar surface area (TPSA) is 173 Å². The molecule has 38 heavy (non-hydrogen) atoms. The lowest BCUT2D eigenvalue weighted by Crippen LogP contribution is -2.52. The highest BCUT2D eigenvalue weighted by atomic mass is 16.5. The Morgan fingerprint density at radius 3 is 2.66 bits per heavy atom. The summed E-state index contributed by atoms with van der Waals surface area (Å²) in [5.41, 5.74) is 7.83. The molecular formula is C25H27N11O2. The number of fused-ring (bicyclic) bond motifs is 1. The largest absolute Gasteiger partial charge is 0.464 e. The van der Waals surface area contributed by atoms with Gasteiger partial charge in [0.05, 0.1) is 17.9 Å². The van der Waals surface area contributed by atoms with E-state index in [4.69, 9.17) is 20.8 Å². The highest BCUT2D eigenvalue weighted by molar-refractivity contribution is 5.97. The minimum absolute atomic E-state index is 0.0183. The molecule has 13 heteroatoms. The number of carbonyl (C=O) groups excluding carboxylic acids is 1. The molecule has 5 heterocycles. The highest BCUT2D eigenvalue weighted by Gasteiger charge is 2.37. The number of hydrogen-bond donors (Lipinski definition) is 2. The van der Waals surface area contributed by atoms with E-state index in [2.05, 4.69) is 49.2 Å². The molecule has 0 saturated carbocycles.